The molecule has 0 radical (unpaired) electrons. The number of aromatic nitrogens is 1. The largest absolute Gasteiger partial charge is 0.451 e. The average Bonchev–Trinajstić information content (AvgIpc) is 2.97. The lowest BCUT2D eigenvalue weighted by Gasteiger charge is -2.08. The van der Waals surface area contributed by atoms with Gasteiger partial charge in [0.25, 0.3) is 5.91 Å². The Labute approximate surface area is 146 Å². The molecule has 0 saturated heterocycles. The molecule has 6 nitrogen and oxygen atoms in total. The van der Waals surface area contributed by atoms with Gasteiger partial charge in [-0.15, -0.1) is 0 Å². The van der Waals surface area contributed by atoms with Gasteiger partial charge in [-0.2, -0.15) is 0 Å². The number of hydrogen-bond acceptors (Lipinski definition) is 4. The van der Waals surface area contributed by atoms with Crippen LogP contribution in [-0.4, -0.2) is 35.4 Å². The third-order valence-corrected chi connectivity index (χ3v) is 3.93. The van der Waals surface area contributed by atoms with Crippen molar-refractivity contribution in [3.8, 4) is 0 Å². The Balaban J connectivity index is 1.79. The van der Waals surface area contributed by atoms with Crippen LogP contribution in [0.1, 0.15) is 38.9 Å². The van der Waals surface area contributed by atoms with Crippen LogP contribution < -0.4 is 5.32 Å². The van der Waals surface area contributed by atoms with Crippen LogP contribution in [0.4, 0.5) is 0 Å². The van der Waals surface area contributed by atoms with Crippen molar-refractivity contribution in [3.05, 3.63) is 58.9 Å². The van der Waals surface area contributed by atoms with E-state index in [-0.39, 0.29) is 24.0 Å². The third kappa shape index (κ3) is 5.04. The minimum Gasteiger partial charge on any atom is -0.451 e. The molecule has 0 spiro atoms. The fourth-order valence-corrected chi connectivity index (χ4v) is 2.44. The first-order valence-corrected chi connectivity index (χ1v) is 8.04. The number of carbonyl (C=O) groups excluding carboxylic acids is 3. The normalized spacial score (nSPS) is 10.4. The van der Waals surface area contributed by atoms with E-state index in [4.69, 9.17) is 4.74 Å². The molecule has 25 heavy (non-hydrogen) atoms. The summed E-state index contributed by atoms with van der Waals surface area (Å²) in [6, 6.07) is 9.43. The van der Waals surface area contributed by atoms with Crippen LogP contribution in [0.2, 0.25) is 0 Å². The van der Waals surface area contributed by atoms with E-state index >= 15 is 0 Å². The zero-order chi connectivity index (χ0) is 18.4. The van der Waals surface area contributed by atoms with Gasteiger partial charge < -0.3 is 14.6 Å². The molecule has 0 aliphatic carbocycles. The van der Waals surface area contributed by atoms with E-state index in [1.165, 1.54) is 28.7 Å². The molecular weight excluding hydrogens is 320 g/mol. The van der Waals surface area contributed by atoms with Crippen LogP contribution in [0.3, 0.4) is 0 Å². The molecule has 0 aliphatic heterocycles. The Kier molecular flexibility index (Phi) is 6.11. The first kappa shape index (κ1) is 18.4. The maximum absolute atomic E-state index is 12.0. The van der Waals surface area contributed by atoms with E-state index in [1.54, 1.807) is 13.2 Å². The summed E-state index contributed by atoms with van der Waals surface area (Å²) in [6.07, 6.45) is 2.27. The lowest BCUT2D eigenvalue weighted by atomic mass is 10.1. The van der Waals surface area contributed by atoms with E-state index in [0.717, 1.165) is 0 Å². The Morgan fingerprint density at radius 1 is 1.20 bits per heavy atom. The molecule has 1 heterocycles. The highest BCUT2D eigenvalue weighted by Gasteiger charge is 2.16. The Bertz CT molecular complexity index is 792. The van der Waals surface area contributed by atoms with Crippen LogP contribution in [-0.2, 0) is 23.0 Å². The van der Waals surface area contributed by atoms with Gasteiger partial charge in [0, 0.05) is 25.4 Å². The van der Waals surface area contributed by atoms with Crippen LogP contribution in [0, 0.1) is 6.92 Å². The van der Waals surface area contributed by atoms with Crippen molar-refractivity contribution in [3.63, 3.8) is 0 Å². The number of benzene rings is 1. The van der Waals surface area contributed by atoms with Crippen LogP contribution in [0.25, 0.3) is 0 Å². The topological polar surface area (TPSA) is 77.4 Å². The first-order chi connectivity index (χ1) is 11.9. The number of esters is 1. The standard InChI is InChI=1S/C19H22N2O4/c1-13-6-4-5-7-15(13)8-9-20-18(23)12-25-19(24)17-10-16(14(2)22)11-21(17)3/h4-7,10-11H,8-9,12H2,1-3H3,(H,20,23). The average molecular weight is 342 g/mol. The fraction of sp³-hybridized carbons (Fsp3) is 0.316. The number of amides is 1. The first-order valence-electron chi connectivity index (χ1n) is 8.04. The van der Waals surface area contributed by atoms with Crippen molar-refractivity contribution in [1.82, 2.24) is 9.88 Å². The molecule has 0 bridgehead atoms. The molecule has 6 heteroatoms. The lowest BCUT2D eigenvalue weighted by Crippen LogP contribution is -2.30. The van der Waals surface area contributed by atoms with Gasteiger partial charge in [0.1, 0.15) is 5.69 Å². The lowest BCUT2D eigenvalue weighted by molar-refractivity contribution is -0.124. The highest BCUT2D eigenvalue weighted by molar-refractivity contribution is 5.98. The molecule has 2 rings (SSSR count). The van der Waals surface area contributed by atoms with Gasteiger partial charge in [-0.1, -0.05) is 24.3 Å². The summed E-state index contributed by atoms with van der Waals surface area (Å²) in [4.78, 5) is 35.1. The summed E-state index contributed by atoms with van der Waals surface area (Å²) in [5.41, 5.74) is 3.00. The van der Waals surface area contributed by atoms with Crippen LogP contribution in [0.15, 0.2) is 36.5 Å². The molecule has 0 unspecified atom stereocenters. The van der Waals surface area contributed by atoms with Crippen molar-refractivity contribution >= 4 is 17.7 Å². The number of hydrogen-bond donors (Lipinski definition) is 1. The summed E-state index contributed by atoms with van der Waals surface area (Å²) in [5.74, 6) is -1.13. The summed E-state index contributed by atoms with van der Waals surface area (Å²) >= 11 is 0. The summed E-state index contributed by atoms with van der Waals surface area (Å²) in [6.45, 7) is 3.56. The molecule has 0 aliphatic rings. The van der Waals surface area contributed by atoms with E-state index in [0.29, 0.717) is 18.5 Å². The molecule has 1 N–H and O–H groups in total. The molecule has 1 aromatic carbocycles. The highest BCUT2D eigenvalue weighted by atomic mass is 16.5. The van der Waals surface area contributed by atoms with Gasteiger partial charge >= 0.3 is 5.97 Å². The molecule has 0 saturated carbocycles. The number of Topliss-reactive ketones (excluding diaryl/α,β-unsaturated/α-hetero) is 1. The summed E-state index contributed by atoms with van der Waals surface area (Å²) in [7, 11) is 1.64. The van der Waals surface area contributed by atoms with Crippen LogP contribution >= 0.6 is 0 Å². The third-order valence-electron chi connectivity index (χ3n) is 3.93. The van der Waals surface area contributed by atoms with Crippen molar-refractivity contribution in [2.75, 3.05) is 13.2 Å². The second-order valence-corrected chi connectivity index (χ2v) is 5.88. The summed E-state index contributed by atoms with van der Waals surface area (Å²) < 4.78 is 6.52. The predicted molar refractivity (Wildman–Crippen MR) is 93.6 cm³/mol. The summed E-state index contributed by atoms with van der Waals surface area (Å²) in [5, 5.41) is 2.73. The SMILES string of the molecule is CC(=O)c1cc(C(=O)OCC(=O)NCCc2ccccc2C)n(C)c1. The van der Waals surface area contributed by atoms with Crippen LogP contribution in [0.5, 0.6) is 0 Å². The van der Waals surface area contributed by atoms with E-state index in [9.17, 15) is 14.4 Å². The Hall–Kier alpha value is -2.89. The van der Waals surface area contributed by atoms with Gasteiger partial charge in [-0.25, -0.2) is 4.79 Å². The predicted octanol–water partition coefficient (Wildman–Crippen LogP) is 2.05. The zero-order valence-electron chi connectivity index (χ0n) is 14.7. The minimum absolute atomic E-state index is 0.136. The zero-order valence-corrected chi connectivity index (χ0v) is 14.7. The maximum atomic E-state index is 12.0. The van der Waals surface area contributed by atoms with Crippen molar-refractivity contribution in [1.29, 1.82) is 0 Å². The number of carbonyl (C=O) groups is 3. The van der Waals surface area contributed by atoms with Crippen molar-refractivity contribution < 1.29 is 19.1 Å². The van der Waals surface area contributed by atoms with Gasteiger partial charge in [-0.05, 0) is 37.5 Å². The molecule has 1 aromatic heterocycles. The van der Waals surface area contributed by atoms with Gasteiger partial charge in [-0.3, -0.25) is 9.59 Å². The van der Waals surface area contributed by atoms with E-state index in [2.05, 4.69) is 5.32 Å². The molecule has 2 aromatic rings. The quantitative estimate of drug-likeness (QED) is 0.617. The van der Waals surface area contributed by atoms with Gasteiger partial charge in [0.2, 0.25) is 0 Å². The molecule has 1 amide bonds. The molecule has 132 valence electrons. The molecule has 0 fully saturated rings. The number of aryl methyl sites for hydroxylation is 2. The number of nitrogens with zero attached hydrogens (tertiary/aromatic N) is 1. The minimum atomic E-state index is -0.635. The Morgan fingerprint density at radius 2 is 1.92 bits per heavy atom. The number of rotatable bonds is 7. The fourth-order valence-electron chi connectivity index (χ4n) is 2.44. The Morgan fingerprint density at radius 3 is 2.56 bits per heavy atom. The van der Waals surface area contributed by atoms with Crippen molar-refractivity contribution in [2.45, 2.75) is 20.3 Å². The number of ketones is 1. The van der Waals surface area contributed by atoms with Gasteiger partial charge in [0.15, 0.2) is 12.4 Å². The number of ether oxygens (including phenoxy) is 1. The molecular formula is C19H22N2O4. The molecule has 0 atom stereocenters. The maximum Gasteiger partial charge on any atom is 0.355 e. The second-order valence-electron chi connectivity index (χ2n) is 5.88. The second kappa shape index (κ2) is 8.28. The monoisotopic (exact) mass is 342 g/mol. The van der Waals surface area contributed by atoms with E-state index in [1.807, 2.05) is 31.2 Å². The smallest absolute Gasteiger partial charge is 0.355 e. The van der Waals surface area contributed by atoms with E-state index < -0.39 is 5.97 Å². The number of nitrogens with one attached hydrogen (secondary N) is 1. The highest BCUT2D eigenvalue weighted by Crippen LogP contribution is 2.09. The van der Waals surface area contributed by atoms with Crippen molar-refractivity contribution in [2.24, 2.45) is 7.05 Å². The van der Waals surface area contributed by atoms with Gasteiger partial charge in [0.05, 0.1) is 0 Å².